The largest absolute Gasteiger partial charge is 0.302 e. The first-order valence-electron chi connectivity index (χ1n) is 10.4. The third-order valence-corrected chi connectivity index (χ3v) is 6.32. The fourth-order valence-corrected chi connectivity index (χ4v) is 4.45. The molecule has 0 bridgehead atoms. The molecule has 35 heavy (non-hydrogen) atoms. The molecule has 12 heteroatoms. The van der Waals surface area contributed by atoms with Crippen molar-refractivity contribution in [2.75, 3.05) is 5.32 Å². The summed E-state index contributed by atoms with van der Waals surface area (Å²) >= 11 is 1.30. The van der Waals surface area contributed by atoms with E-state index in [0.29, 0.717) is 10.5 Å². The first-order chi connectivity index (χ1) is 17.2. The van der Waals surface area contributed by atoms with Crippen LogP contribution in [0.3, 0.4) is 0 Å². The van der Waals surface area contributed by atoms with Gasteiger partial charge in [-0.05, 0) is 29.1 Å². The number of carbonyl (C=O) groups excluding carboxylic acids is 1. The summed E-state index contributed by atoms with van der Waals surface area (Å²) in [7, 11) is 0. The van der Waals surface area contributed by atoms with E-state index in [1.165, 1.54) is 11.3 Å². The van der Waals surface area contributed by atoms with Crippen LogP contribution in [0.1, 0.15) is 9.67 Å². The van der Waals surface area contributed by atoms with Crippen molar-refractivity contribution in [2.24, 2.45) is 5.11 Å². The highest BCUT2D eigenvalue weighted by Gasteiger charge is 2.18. The second-order valence-corrected chi connectivity index (χ2v) is 8.48. The van der Waals surface area contributed by atoms with Gasteiger partial charge in [0.1, 0.15) is 5.69 Å². The predicted molar refractivity (Wildman–Crippen MR) is 130 cm³/mol. The van der Waals surface area contributed by atoms with Gasteiger partial charge < -0.3 is 5.32 Å². The standard InChI is InChI=1S/C23H16N10OS/c24-30-19-12-32(17-4-2-1-3-5-17)31-21(19)29-23(34)20-6-14(13-35-20)18-10-28-33-11-16(7-25-22(18)33)15-8-26-27-9-15/h1-13,24H,(H,26,27)(H,29,31,34). The van der Waals surface area contributed by atoms with Crippen molar-refractivity contribution in [3.8, 4) is 27.9 Å². The summed E-state index contributed by atoms with van der Waals surface area (Å²) in [4.78, 5) is 18.0. The van der Waals surface area contributed by atoms with Gasteiger partial charge in [0.25, 0.3) is 5.91 Å². The van der Waals surface area contributed by atoms with Gasteiger partial charge in [-0.15, -0.1) is 16.4 Å². The Morgan fingerprint density at radius 2 is 1.97 bits per heavy atom. The molecule has 0 unspecified atom stereocenters. The number of rotatable bonds is 6. The Bertz CT molecular complexity index is 1660. The minimum absolute atomic E-state index is 0.216. The van der Waals surface area contributed by atoms with Crippen LogP contribution in [-0.2, 0) is 0 Å². The molecule has 0 aliphatic heterocycles. The highest BCUT2D eigenvalue weighted by Crippen LogP contribution is 2.31. The number of aromatic nitrogens is 7. The minimum atomic E-state index is -0.337. The van der Waals surface area contributed by atoms with Crippen LogP contribution in [0.4, 0.5) is 11.5 Å². The van der Waals surface area contributed by atoms with E-state index in [1.54, 1.807) is 46.2 Å². The zero-order valence-corrected chi connectivity index (χ0v) is 18.8. The maximum absolute atomic E-state index is 13.0. The summed E-state index contributed by atoms with van der Waals surface area (Å²) in [6.07, 6.45) is 10.5. The van der Waals surface area contributed by atoms with Crippen LogP contribution in [0.5, 0.6) is 0 Å². The van der Waals surface area contributed by atoms with Crippen LogP contribution < -0.4 is 5.32 Å². The molecule has 11 nitrogen and oxygen atoms in total. The molecule has 0 saturated carbocycles. The molecule has 6 rings (SSSR count). The molecule has 170 valence electrons. The van der Waals surface area contributed by atoms with E-state index < -0.39 is 0 Å². The second kappa shape index (κ2) is 8.43. The van der Waals surface area contributed by atoms with Crippen molar-refractivity contribution in [1.82, 2.24) is 34.6 Å². The van der Waals surface area contributed by atoms with Gasteiger partial charge in [0.2, 0.25) is 0 Å². The van der Waals surface area contributed by atoms with Gasteiger partial charge in [0.05, 0.1) is 29.2 Å². The maximum atomic E-state index is 13.0. The van der Waals surface area contributed by atoms with Crippen LogP contribution in [0.2, 0.25) is 0 Å². The first kappa shape index (κ1) is 20.6. The lowest BCUT2D eigenvalue weighted by atomic mass is 10.1. The molecule has 0 aliphatic rings. The SMILES string of the molecule is N=Nc1cn(-c2ccccc2)nc1NC(=O)c1cc(-c2cnn3cc(-c4cn[nH]c4)cnc23)cs1. The lowest BCUT2D eigenvalue weighted by Gasteiger charge is -2.01. The van der Waals surface area contributed by atoms with E-state index in [1.807, 2.05) is 41.9 Å². The Morgan fingerprint density at radius 3 is 2.77 bits per heavy atom. The molecule has 0 radical (unpaired) electrons. The topological polar surface area (TPSA) is 142 Å². The number of benzene rings is 1. The van der Waals surface area contributed by atoms with Crippen LogP contribution in [0.15, 0.2) is 84.1 Å². The predicted octanol–water partition coefficient (Wildman–Crippen LogP) is 4.95. The molecule has 5 aromatic heterocycles. The Morgan fingerprint density at radius 1 is 1.09 bits per heavy atom. The summed E-state index contributed by atoms with van der Waals surface area (Å²) in [6, 6.07) is 11.2. The molecule has 6 aromatic rings. The Balaban J connectivity index is 1.26. The van der Waals surface area contributed by atoms with Crippen molar-refractivity contribution >= 4 is 34.4 Å². The number of nitrogens with one attached hydrogen (secondary N) is 3. The van der Waals surface area contributed by atoms with Crippen LogP contribution >= 0.6 is 11.3 Å². The van der Waals surface area contributed by atoms with E-state index in [-0.39, 0.29) is 17.4 Å². The fraction of sp³-hybridized carbons (Fsp3) is 0. The molecule has 1 aromatic carbocycles. The molecule has 1 amide bonds. The zero-order valence-electron chi connectivity index (χ0n) is 18.0. The van der Waals surface area contributed by atoms with E-state index >= 15 is 0 Å². The van der Waals surface area contributed by atoms with E-state index in [4.69, 9.17) is 5.53 Å². The number of para-hydroxylation sites is 1. The number of thiophene rings is 1. The highest BCUT2D eigenvalue weighted by atomic mass is 32.1. The van der Waals surface area contributed by atoms with Gasteiger partial charge in [-0.3, -0.25) is 9.89 Å². The van der Waals surface area contributed by atoms with Gasteiger partial charge >= 0.3 is 0 Å². The molecule has 0 spiro atoms. The lowest BCUT2D eigenvalue weighted by Crippen LogP contribution is -2.11. The molecule has 5 heterocycles. The van der Waals surface area contributed by atoms with Crippen molar-refractivity contribution in [3.63, 3.8) is 0 Å². The first-order valence-corrected chi connectivity index (χ1v) is 11.3. The van der Waals surface area contributed by atoms with Crippen molar-refractivity contribution in [1.29, 1.82) is 5.53 Å². The van der Waals surface area contributed by atoms with Gasteiger partial charge in [0, 0.05) is 35.3 Å². The molecular weight excluding hydrogens is 464 g/mol. The Kier molecular flexibility index (Phi) is 4.96. The number of carbonyl (C=O) groups is 1. The number of amides is 1. The summed E-state index contributed by atoms with van der Waals surface area (Å²) in [5.74, 6) is -0.121. The number of hydrogen-bond donors (Lipinski definition) is 3. The van der Waals surface area contributed by atoms with E-state index in [2.05, 4.69) is 35.8 Å². The van der Waals surface area contributed by atoms with Crippen molar-refractivity contribution < 1.29 is 4.79 Å². The third kappa shape index (κ3) is 3.77. The third-order valence-electron chi connectivity index (χ3n) is 5.39. The van der Waals surface area contributed by atoms with Crippen molar-refractivity contribution in [2.45, 2.75) is 0 Å². The summed E-state index contributed by atoms with van der Waals surface area (Å²) in [6.45, 7) is 0. The summed E-state index contributed by atoms with van der Waals surface area (Å²) in [5, 5.41) is 23.7. The number of fused-ring (bicyclic) bond motifs is 1. The van der Waals surface area contributed by atoms with Gasteiger partial charge in [-0.1, -0.05) is 18.2 Å². The number of hydrogen-bond acceptors (Lipinski definition) is 8. The fourth-order valence-electron chi connectivity index (χ4n) is 3.65. The minimum Gasteiger partial charge on any atom is -0.302 e. The van der Waals surface area contributed by atoms with Crippen LogP contribution in [0, 0.1) is 5.53 Å². The normalized spacial score (nSPS) is 11.1. The molecule has 3 N–H and O–H groups in total. The number of aromatic amines is 1. The Hall–Kier alpha value is -4.97. The van der Waals surface area contributed by atoms with Crippen LogP contribution in [0.25, 0.3) is 33.6 Å². The smallest absolute Gasteiger partial charge is 0.267 e. The van der Waals surface area contributed by atoms with Gasteiger partial charge in [0.15, 0.2) is 11.5 Å². The number of nitrogens with zero attached hydrogens (tertiary/aromatic N) is 7. The number of H-pyrrole nitrogens is 1. The van der Waals surface area contributed by atoms with Crippen molar-refractivity contribution in [3.05, 3.63) is 83.8 Å². The average Bonchev–Trinajstić information content (AvgIpc) is 3.70. The lowest BCUT2D eigenvalue weighted by molar-refractivity contribution is 0.103. The molecule has 0 aliphatic carbocycles. The number of anilines is 1. The average molecular weight is 481 g/mol. The summed E-state index contributed by atoms with van der Waals surface area (Å²) in [5.41, 5.74) is 12.6. The van der Waals surface area contributed by atoms with Gasteiger partial charge in [-0.25, -0.2) is 19.7 Å². The molecule has 0 saturated heterocycles. The van der Waals surface area contributed by atoms with E-state index in [0.717, 1.165) is 27.9 Å². The molecule has 0 fully saturated rings. The maximum Gasteiger partial charge on any atom is 0.267 e. The zero-order chi connectivity index (χ0) is 23.8. The van der Waals surface area contributed by atoms with Crippen LogP contribution in [-0.4, -0.2) is 40.5 Å². The quantitative estimate of drug-likeness (QED) is 0.289. The molecular formula is C23H16N10OS. The van der Waals surface area contributed by atoms with E-state index in [9.17, 15) is 4.79 Å². The Labute approximate surface area is 201 Å². The molecule has 0 atom stereocenters. The highest BCUT2D eigenvalue weighted by molar-refractivity contribution is 7.12. The summed E-state index contributed by atoms with van der Waals surface area (Å²) < 4.78 is 3.28. The monoisotopic (exact) mass is 480 g/mol. The second-order valence-electron chi connectivity index (χ2n) is 7.56. The van der Waals surface area contributed by atoms with Gasteiger partial charge in [-0.2, -0.15) is 15.3 Å².